The average molecular weight is 383 g/mol. The van der Waals surface area contributed by atoms with E-state index in [1.165, 1.54) is 23.8 Å². The second kappa shape index (κ2) is 6.35. The van der Waals surface area contributed by atoms with Gasteiger partial charge in [-0.3, -0.25) is 4.79 Å². The zero-order chi connectivity index (χ0) is 14.7. The minimum atomic E-state index is -0.332. The van der Waals surface area contributed by atoms with Gasteiger partial charge in [-0.2, -0.15) is 0 Å². The van der Waals surface area contributed by atoms with Crippen LogP contribution in [0.1, 0.15) is 22.8 Å². The van der Waals surface area contributed by atoms with Crippen LogP contribution in [-0.2, 0) is 6.42 Å². The lowest BCUT2D eigenvalue weighted by atomic mass is 10.1. The van der Waals surface area contributed by atoms with Crippen molar-refractivity contribution in [3.8, 4) is 0 Å². The second-order valence-corrected chi connectivity index (χ2v) is 5.67. The molecule has 0 aliphatic carbocycles. The van der Waals surface area contributed by atoms with E-state index in [1.807, 2.05) is 46.9 Å². The normalized spacial score (nSPS) is 10.4. The monoisotopic (exact) mass is 383 g/mol. The molecule has 1 amide bonds. The van der Waals surface area contributed by atoms with Gasteiger partial charge in [-0.05, 0) is 64.9 Å². The average Bonchev–Trinajstić information content (AvgIpc) is 2.46. The first-order valence-electron chi connectivity index (χ1n) is 6.35. The Kier molecular flexibility index (Phi) is 4.75. The third-order valence-electron chi connectivity index (χ3n) is 3.20. The Morgan fingerprint density at radius 2 is 1.85 bits per heavy atom. The molecule has 0 saturated heterocycles. The summed E-state index contributed by atoms with van der Waals surface area (Å²) in [6.45, 7) is 2.09. The van der Waals surface area contributed by atoms with Crippen molar-refractivity contribution < 1.29 is 9.18 Å². The summed E-state index contributed by atoms with van der Waals surface area (Å²) >= 11 is 1.98. The molecule has 2 nitrogen and oxygen atoms in total. The van der Waals surface area contributed by atoms with Crippen LogP contribution in [0.5, 0.6) is 0 Å². The quantitative estimate of drug-likeness (QED) is 0.725. The molecular formula is C16H15FINO. The van der Waals surface area contributed by atoms with Gasteiger partial charge in [-0.15, -0.1) is 0 Å². The molecular weight excluding hydrogens is 368 g/mol. The van der Waals surface area contributed by atoms with Crippen molar-refractivity contribution in [3.05, 3.63) is 63.0 Å². The SMILES string of the molecule is CCc1ccc(N(C)C(=O)c2ccc(F)cc2I)cc1. The summed E-state index contributed by atoms with van der Waals surface area (Å²) in [5.74, 6) is -0.473. The molecule has 20 heavy (non-hydrogen) atoms. The van der Waals surface area contributed by atoms with Gasteiger partial charge in [0.15, 0.2) is 0 Å². The summed E-state index contributed by atoms with van der Waals surface area (Å²) in [6.07, 6.45) is 0.966. The van der Waals surface area contributed by atoms with E-state index < -0.39 is 0 Å². The predicted octanol–water partition coefficient (Wildman–Crippen LogP) is 4.27. The maximum absolute atomic E-state index is 13.1. The Morgan fingerprint density at radius 3 is 2.40 bits per heavy atom. The number of anilines is 1. The standard InChI is InChI=1S/C16H15FINO/c1-3-11-4-7-13(8-5-11)19(2)16(20)14-9-6-12(17)10-15(14)18/h4-10H,3H2,1-2H3. The fourth-order valence-corrected chi connectivity index (χ4v) is 2.62. The molecule has 0 heterocycles. The van der Waals surface area contributed by atoms with Gasteiger partial charge in [-0.25, -0.2) is 4.39 Å². The van der Waals surface area contributed by atoms with Crippen LogP contribution < -0.4 is 4.90 Å². The van der Waals surface area contributed by atoms with Gasteiger partial charge in [0.1, 0.15) is 5.82 Å². The van der Waals surface area contributed by atoms with Gasteiger partial charge in [0.05, 0.1) is 5.56 Å². The fourth-order valence-electron chi connectivity index (χ4n) is 1.92. The number of nitrogens with zero attached hydrogens (tertiary/aromatic N) is 1. The highest BCUT2D eigenvalue weighted by molar-refractivity contribution is 14.1. The molecule has 104 valence electrons. The number of hydrogen-bond donors (Lipinski definition) is 0. The topological polar surface area (TPSA) is 20.3 Å². The molecule has 2 rings (SSSR count). The van der Waals surface area contributed by atoms with Crippen molar-refractivity contribution in [1.82, 2.24) is 0 Å². The van der Waals surface area contributed by atoms with Gasteiger partial charge in [0.2, 0.25) is 0 Å². The molecule has 0 aliphatic rings. The zero-order valence-corrected chi connectivity index (χ0v) is 13.5. The number of carbonyl (C=O) groups excluding carboxylic acids is 1. The van der Waals surface area contributed by atoms with Crippen LogP contribution in [0.4, 0.5) is 10.1 Å². The minimum absolute atomic E-state index is 0.140. The third-order valence-corrected chi connectivity index (χ3v) is 4.09. The number of aryl methyl sites for hydroxylation is 1. The number of amides is 1. The number of carbonyl (C=O) groups is 1. The van der Waals surface area contributed by atoms with Crippen LogP contribution >= 0.6 is 22.6 Å². The molecule has 2 aromatic carbocycles. The van der Waals surface area contributed by atoms with Crippen molar-refractivity contribution in [1.29, 1.82) is 0 Å². The van der Waals surface area contributed by atoms with Crippen LogP contribution in [0.25, 0.3) is 0 Å². The molecule has 0 bridgehead atoms. The number of hydrogen-bond acceptors (Lipinski definition) is 1. The first-order valence-corrected chi connectivity index (χ1v) is 7.43. The molecule has 0 spiro atoms. The molecule has 0 saturated carbocycles. The first-order chi connectivity index (χ1) is 9.52. The Hall–Kier alpha value is -1.43. The smallest absolute Gasteiger partial charge is 0.259 e. The zero-order valence-electron chi connectivity index (χ0n) is 11.4. The maximum Gasteiger partial charge on any atom is 0.259 e. The lowest BCUT2D eigenvalue weighted by Gasteiger charge is -2.18. The highest BCUT2D eigenvalue weighted by atomic mass is 127. The molecule has 0 N–H and O–H groups in total. The summed E-state index contributed by atoms with van der Waals surface area (Å²) in [7, 11) is 1.72. The lowest BCUT2D eigenvalue weighted by molar-refractivity contribution is 0.0992. The highest BCUT2D eigenvalue weighted by Crippen LogP contribution is 2.20. The molecule has 2 aromatic rings. The summed E-state index contributed by atoms with van der Waals surface area (Å²) in [5, 5.41) is 0. The van der Waals surface area contributed by atoms with E-state index in [2.05, 4.69) is 6.92 Å². The molecule has 0 aliphatic heterocycles. The lowest BCUT2D eigenvalue weighted by Crippen LogP contribution is -2.27. The van der Waals surface area contributed by atoms with Gasteiger partial charge in [0.25, 0.3) is 5.91 Å². The fraction of sp³-hybridized carbons (Fsp3) is 0.188. The van der Waals surface area contributed by atoms with E-state index in [-0.39, 0.29) is 11.7 Å². The maximum atomic E-state index is 13.1. The Morgan fingerprint density at radius 1 is 1.20 bits per heavy atom. The van der Waals surface area contributed by atoms with Crippen LogP contribution in [-0.4, -0.2) is 13.0 Å². The third kappa shape index (κ3) is 3.17. The van der Waals surface area contributed by atoms with Crippen molar-refractivity contribution in [2.75, 3.05) is 11.9 Å². The summed E-state index contributed by atoms with van der Waals surface area (Å²) in [6, 6.07) is 12.1. The summed E-state index contributed by atoms with van der Waals surface area (Å²) < 4.78 is 13.7. The van der Waals surface area contributed by atoms with Gasteiger partial charge in [0, 0.05) is 16.3 Å². The molecule has 0 unspecified atom stereocenters. The van der Waals surface area contributed by atoms with Crippen molar-refractivity contribution in [3.63, 3.8) is 0 Å². The largest absolute Gasteiger partial charge is 0.311 e. The highest BCUT2D eigenvalue weighted by Gasteiger charge is 2.16. The van der Waals surface area contributed by atoms with E-state index in [1.54, 1.807) is 11.9 Å². The summed E-state index contributed by atoms with van der Waals surface area (Å²) in [5.41, 5.74) is 2.56. The van der Waals surface area contributed by atoms with E-state index in [0.29, 0.717) is 9.13 Å². The molecule has 4 heteroatoms. The Balaban J connectivity index is 2.27. The van der Waals surface area contributed by atoms with Gasteiger partial charge < -0.3 is 4.90 Å². The van der Waals surface area contributed by atoms with E-state index >= 15 is 0 Å². The summed E-state index contributed by atoms with van der Waals surface area (Å²) in [4.78, 5) is 14.0. The molecule has 0 aromatic heterocycles. The predicted molar refractivity (Wildman–Crippen MR) is 87.7 cm³/mol. The molecule has 0 fully saturated rings. The van der Waals surface area contributed by atoms with E-state index in [4.69, 9.17) is 0 Å². The first kappa shape index (κ1) is 15.0. The van der Waals surface area contributed by atoms with E-state index in [0.717, 1.165) is 12.1 Å². The van der Waals surface area contributed by atoms with Crippen LogP contribution in [0, 0.1) is 9.39 Å². The molecule has 0 atom stereocenters. The van der Waals surface area contributed by atoms with Crippen LogP contribution in [0.2, 0.25) is 0 Å². The second-order valence-electron chi connectivity index (χ2n) is 4.51. The number of halogens is 2. The van der Waals surface area contributed by atoms with Crippen molar-refractivity contribution >= 4 is 34.2 Å². The minimum Gasteiger partial charge on any atom is -0.311 e. The molecule has 0 radical (unpaired) electrons. The van der Waals surface area contributed by atoms with Crippen LogP contribution in [0.15, 0.2) is 42.5 Å². The van der Waals surface area contributed by atoms with E-state index in [9.17, 15) is 9.18 Å². The van der Waals surface area contributed by atoms with Crippen molar-refractivity contribution in [2.24, 2.45) is 0 Å². The Bertz CT molecular complexity index is 625. The van der Waals surface area contributed by atoms with Gasteiger partial charge in [-0.1, -0.05) is 19.1 Å². The van der Waals surface area contributed by atoms with Crippen molar-refractivity contribution in [2.45, 2.75) is 13.3 Å². The van der Waals surface area contributed by atoms with Crippen LogP contribution in [0.3, 0.4) is 0 Å². The van der Waals surface area contributed by atoms with Gasteiger partial charge >= 0.3 is 0 Å². The number of rotatable bonds is 3. The Labute approximate surface area is 131 Å². The number of benzene rings is 2.